The molecule has 158 valence electrons. The average Bonchev–Trinajstić information content (AvgIpc) is 3.24. The normalized spacial score (nSPS) is 12.8. The molecule has 0 amide bonds. The fourth-order valence-corrected chi connectivity index (χ4v) is 3.27. The Morgan fingerprint density at radius 1 is 1.06 bits per heavy atom. The van der Waals surface area contributed by atoms with Gasteiger partial charge in [-0.1, -0.05) is 37.1 Å². The molecule has 0 atom stereocenters. The maximum atomic E-state index is 12.4. The van der Waals surface area contributed by atoms with Crippen molar-refractivity contribution in [2.45, 2.75) is 26.7 Å². The molecule has 3 aromatic rings. The average molecular weight is 415 g/mol. The van der Waals surface area contributed by atoms with Crippen LogP contribution in [0.1, 0.15) is 36.5 Å². The molecule has 5 heteroatoms. The lowest BCUT2D eigenvalue weighted by Crippen LogP contribution is -2.01. The maximum absolute atomic E-state index is 12.4. The van der Waals surface area contributed by atoms with Crippen LogP contribution in [0.3, 0.4) is 0 Å². The predicted octanol–water partition coefficient (Wildman–Crippen LogP) is 5.75. The second kappa shape index (κ2) is 9.47. The van der Waals surface area contributed by atoms with Crippen LogP contribution in [0.5, 0.6) is 17.4 Å². The number of fused-ring (bicyclic) bond motifs is 2. The number of carbonyl (C=O) groups excluding carboxylic acids is 1. The number of aromatic nitrogens is 1. The molecule has 0 spiro atoms. The molecule has 1 aliphatic heterocycles. The number of benzene rings is 2. The van der Waals surface area contributed by atoms with Crippen LogP contribution in [-0.4, -0.2) is 24.2 Å². The molecule has 0 radical (unpaired) electrons. The quantitative estimate of drug-likeness (QED) is 0.346. The van der Waals surface area contributed by atoms with E-state index in [0.717, 1.165) is 46.2 Å². The minimum Gasteiger partial charge on any atom is -0.477 e. The number of aryl methyl sites for hydroxylation is 1. The van der Waals surface area contributed by atoms with Gasteiger partial charge in [-0.2, -0.15) is 0 Å². The molecule has 0 saturated heterocycles. The van der Waals surface area contributed by atoms with Crippen molar-refractivity contribution >= 4 is 28.8 Å². The fourth-order valence-electron chi connectivity index (χ4n) is 3.27. The van der Waals surface area contributed by atoms with Crippen molar-refractivity contribution in [3.8, 4) is 17.4 Å². The monoisotopic (exact) mass is 415 g/mol. The highest BCUT2D eigenvalue weighted by Crippen LogP contribution is 2.32. The molecule has 1 aliphatic rings. The molecule has 31 heavy (non-hydrogen) atoms. The summed E-state index contributed by atoms with van der Waals surface area (Å²) < 4.78 is 16.6. The minimum atomic E-state index is -0.124. The number of hydrogen-bond donors (Lipinski definition) is 0. The number of rotatable bonds is 8. The van der Waals surface area contributed by atoms with Gasteiger partial charge in [0.1, 0.15) is 0 Å². The largest absolute Gasteiger partial charge is 0.477 e. The maximum Gasteiger partial charge on any atom is 0.231 e. The van der Waals surface area contributed by atoms with Gasteiger partial charge in [0.2, 0.25) is 12.7 Å². The Balaban J connectivity index is 1.53. The summed E-state index contributed by atoms with van der Waals surface area (Å²) in [6, 6.07) is 13.7. The SMILES string of the molecule is CCCCOc1nc2ccc(C)cc2cc1/C=C/C(=O)/C=C/c1ccc2c(c1)OCO2. The third-order valence-electron chi connectivity index (χ3n) is 4.96. The Morgan fingerprint density at radius 3 is 2.77 bits per heavy atom. The Morgan fingerprint density at radius 2 is 1.90 bits per heavy atom. The van der Waals surface area contributed by atoms with Crippen molar-refractivity contribution in [3.63, 3.8) is 0 Å². The van der Waals surface area contributed by atoms with Crippen LogP contribution in [0, 0.1) is 6.92 Å². The first-order chi connectivity index (χ1) is 15.1. The van der Waals surface area contributed by atoms with Gasteiger partial charge < -0.3 is 14.2 Å². The van der Waals surface area contributed by atoms with E-state index in [1.807, 2.05) is 43.3 Å². The van der Waals surface area contributed by atoms with Crippen LogP contribution < -0.4 is 14.2 Å². The van der Waals surface area contributed by atoms with Crippen molar-refractivity contribution in [2.75, 3.05) is 13.4 Å². The van der Waals surface area contributed by atoms with E-state index >= 15 is 0 Å². The molecule has 5 nitrogen and oxygen atoms in total. The number of nitrogens with zero attached hydrogens (tertiary/aromatic N) is 1. The summed E-state index contributed by atoms with van der Waals surface area (Å²) in [5.74, 6) is 1.84. The zero-order valence-corrected chi connectivity index (χ0v) is 17.8. The van der Waals surface area contributed by atoms with E-state index in [1.165, 1.54) is 12.2 Å². The molecular formula is C26H25NO4. The Labute approximate surface area is 182 Å². The standard InChI is InChI=1S/C26H25NO4/c1-3-4-13-29-26-20(16-21-14-18(2)5-11-23(21)27-26)8-10-22(28)9-6-19-7-12-24-25(15-19)31-17-30-24/h5-12,14-16H,3-4,13,17H2,1-2H3/b9-6+,10-8+. The third kappa shape index (κ3) is 5.12. The van der Waals surface area contributed by atoms with E-state index in [2.05, 4.69) is 18.0 Å². The van der Waals surface area contributed by atoms with Gasteiger partial charge in [-0.3, -0.25) is 4.79 Å². The van der Waals surface area contributed by atoms with Gasteiger partial charge in [-0.05, 0) is 67.5 Å². The molecule has 0 unspecified atom stereocenters. The third-order valence-corrected chi connectivity index (χ3v) is 4.96. The Kier molecular flexibility index (Phi) is 6.32. The molecule has 2 heterocycles. The van der Waals surface area contributed by atoms with Gasteiger partial charge in [0.05, 0.1) is 12.1 Å². The van der Waals surface area contributed by atoms with Gasteiger partial charge in [0.25, 0.3) is 0 Å². The number of ketones is 1. The number of pyridine rings is 1. The van der Waals surface area contributed by atoms with Crippen molar-refractivity contribution in [2.24, 2.45) is 0 Å². The first kappa shape index (κ1) is 20.7. The van der Waals surface area contributed by atoms with Crippen LogP contribution in [0.25, 0.3) is 23.1 Å². The molecular weight excluding hydrogens is 390 g/mol. The second-order valence-electron chi connectivity index (χ2n) is 7.46. The summed E-state index contributed by atoms with van der Waals surface area (Å²) in [5.41, 5.74) is 3.70. The lowest BCUT2D eigenvalue weighted by molar-refractivity contribution is -0.110. The number of carbonyl (C=O) groups is 1. The van der Waals surface area contributed by atoms with E-state index in [-0.39, 0.29) is 12.6 Å². The van der Waals surface area contributed by atoms with Gasteiger partial charge >= 0.3 is 0 Å². The molecule has 0 bridgehead atoms. The van der Waals surface area contributed by atoms with E-state index in [1.54, 1.807) is 12.2 Å². The summed E-state index contributed by atoms with van der Waals surface area (Å²) >= 11 is 0. The highest BCUT2D eigenvalue weighted by molar-refractivity contribution is 6.04. The van der Waals surface area contributed by atoms with Gasteiger partial charge in [0, 0.05) is 10.9 Å². The second-order valence-corrected chi connectivity index (χ2v) is 7.46. The molecule has 0 fully saturated rings. The smallest absolute Gasteiger partial charge is 0.231 e. The van der Waals surface area contributed by atoms with Crippen LogP contribution in [0.4, 0.5) is 0 Å². The number of allylic oxidation sites excluding steroid dienone is 2. The summed E-state index contributed by atoms with van der Waals surface area (Å²) in [7, 11) is 0. The Bertz CT molecular complexity index is 1160. The van der Waals surface area contributed by atoms with Crippen molar-refractivity contribution in [1.29, 1.82) is 0 Å². The summed E-state index contributed by atoms with van der Waals surface area (Å²) in [6.07, 6.45) is 8.59. The number of unbranched alkanes of at least 4 members (excludes halogenated alkanes) is 1. The molecule has 0 N–H and O–H groups in total. The van der Waals surface area contributed by atoms with Crippen LogP contribution in [0.15, 0.2) is 54.6 Å². The minimum absolute atomic E-state index is 0.124. The van der Waals surface area contributed by atoms with Gasteiger partial charge in [-0.15, -0.1) is 0 Å². The zero-order chi connectivity index (χ0) is 21.6. The molecule has 0 aliphatic carbocycles. The van der Waals surface area contributed by atoms with Crippen LogP contribution in [-0.2, 0) is 4.79 Å². The number of hydrogen-bond acceptors (Lipinski definition) is 5. The van der Waals surface area contributed by atoms with E-state index in [9.17, 15) is 4.79 Å². The van der Waals surface area contributed by atoms with Crippen molar-refractivity contribution in [1.82, 2.24) is 4.98 Å². The van der Waals surface area contributed by atoms with Crippen molar-refractivity contribution in [3.05, 3.63) is 71.3 Å². The van der Waals surface area contributed by atoms with Gasteiger partial charge in [-0.25, -0.2) is 4.98 Å². The first-order valence-electron chi connectivity index (χ1n) is 10.5. The van der Waals surface area contributed by atoms with E-state index in [0.29, 0.717) is 18.2 Å². The lowest BCUT2D eigenvalue weighted by atomic mass is 10.1. The predicted molar refractivity (Wildman–Crippen MR) is 123 cm³/mol. The van der Waals surface area contributed by atoms with Gasteiger partial charge in [0.15, 0.2) is 17.3 Å². The zero-order valence-electron chi connectivity index (χ0n) is 17.8. The molecule has 2 aromatic carbocycles. The Hall–Kier alpha value is -3.60. The highest BCUT2D eigenvalue weighted by Gasteiger charge is 2.12. The van der Waals surface area contributed by atoms with Crippen LogP contribution >= 0.6 is 0 Å². The summed E-state index contributed by atoms with van der Waals surface area (Å²) in [6.45, 7) is 4.99. The van der Waals surface area contributed by atoms with E-state index in [4.69, 9.17) is 14.2 Å². The lowest BCUT2D eigenvalue weighted by Gasteiger charge is -2.10. The summed E-state index contributed by atoms with van der Waals surface area (Å²) in [5, 5.41) is 1.02. The van der Waals surface area contributed by atoms with Crippen LogP contribution in [0.2, 0.25) is 0 Å². The van der Waals surface area contributed by atoms with E-state index < -0.39 is 0 Å². The molecule has 4 rings (SSSR count). The molecule has 1 aromatic heterocycles. The number of ether oxygens (including phenoxy) is 3. The fraction of sp³-hybridized carbons (Fsp3) is 0.231. The highest BCUT2D eigenvalue weighted by atomic mass is 16.7. The molecule has 0 saturated carbocycles. The first-order valence-corrected chi connectivity index (χ1v) is 10.5. The topological polar surface area (TPSA) is 57.7 Å². The van der Waals surface area contributed by atoms with Crippen molar-refractivity contribution < 1.29 is 19.0 Å². The summed E-state index contributed by atoms with van der Waals surface area (Å²) in [4.78, 5) is 17.1.